The number of hydrogen-bond acceptors (Lipinski definition) is 2. The molecule has 0 amide bonds. The van der Waals surface area contributed by atoms with Crippen LogP contribution in [-0.4, -0.2) is 19.2 Å². The highest BCUT2D eigenvalue weighted by Crippen LogP contribution is 2.31. The number of nitrogens with one attached hydrogen (secondary N) is 1. The van der Waals surface area contributed by atoms with Gasteiger partial charge >= 0.3 is 6.18 Å². The predicted octanol–water partition coefficient (Wildman–Crippen LogP) is 3.76. The van der Waals surface area contributed by atoms with Crippen molar-refractivity contribution in [3.05, 3.63) is 29.6 Å². The molecule has 1 atom stereocenters. The Hall–Kier alpha value is -1.30. The van der Waals surface area contributed by atoms with Crippen molar-refractivity contribution in [1.82, 2.24) is 5.32 Å². The Kier molecular flexibility index (Phi) is 4.86. The second-order valence-corrected chi connectivity index (χ2v) is 4.93. The Morgan fingerprint density at radius 1 is 1.25 bits per heavy atom. The molecule has 1 aromatic rings. The number of halogens is 4. The van der Waals surface area contributed by atoms with Crippen LogP contribution in [0.3, 0.4) is 0 Å². The van der Waals surface area contributed by atoms with Crippen LogP contribution in [-0.2, 0) is 6.18 Å². The van der Waals surface area contributed by atoms with E-state index < -0.39 is 17.6 Å². The van der Waals surface area contributed by atoms with Gasteiger partial charge in [-0.2, -0.15) is 13.2 Å². The summed E-state index contributed by atoms with van der Waals surface area (Å²) in [6.45, 7) is 1.26. The van der Waals surface area contributed by atoms with Gasteiger partial charge in [0.1, 0.15) is 0 Å². The van der Waals surface area contributed by atoms with Gasteiger partial charge in [0.05, 0.1) is 12.2 Å². The Bertz CT molecular complexity index is 441. The maximum absolute atomic E-state index is 13.5. The molecule has 112 valence electrons. The van der Waals surface area contributed by atoms with Gasteiger partial charge in [-0.15, -0.1) is 0 Å². The van der Waals surface area contributed by atoms with Gasteiger partial charge in [0, 0.05) is 6.04 Å². The second kappa shape index (κ2) is 6.43. The summed E-state index contributed by atoms with van der Waals surface area (Å²) in [6, 6.07) is 2.68. The first-order valence-corrected chi connectivity index (χ1v) is 6.70. The van der Waals surface area contributed by atoms with Gasteiger partial charge in [-0.05, 0) is 44.0 Å². The minimum atomic E-state index is -4.54. The van der Waals surface area contributed by atoms with E-state index in [1.807, 2.05) is 0 Å². The molecule has 1 heterocycles. The number of hydrogen-bond donors (Lipinski definition) is 1. The molecule has 1 fully saturated rings. The Morgan fingerprint density at radius 2 is 2.05 bits per heavy atom. The summed E-state index contributed by atoms with van der Waals surface area (Å²) in [6.07, 6.45) is -0.443. The molecule has 1 saturated heterocycles. The second-order valence-electron chi connectivity index (χ2n) is 4.93. The largest absolute Gasteiger partial charge is 0.490 e. The van der Waals surface area contributed by atoms with Crippen LogP contribution in [0, 0.1) is 5.82 Å². The van der Waals surface area contributed by atoms with Crippen LogP contribution in [0.15, 0.2) is 18.2 Å². The molecule has 0 saturated carbocycles. The lowest BCUT2D eigenvalue weighted by molar-refractivity contribution is -0.137. The highest BCUT2D eigenvalue weighted by molar-refractivity contribution is 5.30. The summed E-state index contributed by atoms with van der Waals surface area (Å²) >= 11 is 0. The standard InChI is InChI=1S/C14H17F4NO/c15-12-9-10(14(16,17)18)4-5-13(12)20-8-6-11-3-1-2-7-19-11/h4-5,9,11,19H,1-3,6-8H2. The zero-order valence-electron chi connectivity index (χ0n) is 11.0. The van der Waals surface area contributed by atoms with Crippen LogP contribution in [0.5, 0.6) is 5.75 Å². The number of piperidine rings is 1. The SMILES string of the molecule is Fc1cc(C(F)(F)F)ccc1OCCC1CCCCN1. The lowest BCUT2D eigenvalue weighted by Gasteiger charge is -2.23. The molecule has 1 aliphatic rings. The van der Waals surface area contributed by atoms with E-state index in [1.165, 1.54) is 0 Å². The summed E-state index contributed by atoms with van der Waals surface area (Å²) in [5, 5.41) is 3.33. The van der Waals surface area contributed by atoms with E-state index in [1.54, 1.807) is 0 Å². The van der Waals surface area contributed by atoms with Crippen LogP contribution in [0.1, 0.15) is 31.2 Å². The number of benzene rings is 1. The van der Waals surface area contributed by atoms with Crippen molar-refractivity contribution in [3.63, 3.8) is 0 Å². The van der Waals surface area contributed by atoms with Gasteiger partial charge < -0.3 is 10.1 Å². The molecule has 0 bridgehead atoms. The molecule has 6 heteroatoms. The normalized spacial score (nSPS) is 19.9. The Labute approximate surface area is 115 Å². The molecule has 2 rings (SSSR count). The van der Waals surface area contributed by atoms with E-state index in [9.17, 15) is 17.6 Å². The lowest BCUT2D eigenvalue weighted by Crippen LogP contribution is -2.35. The molecule has 1 unspecified atom stereocenters. The topological polar surface area (TPSA) is 21.3 Å². The first-order valence-electron chi connectivity index (χ1n) is 6.70. The molecule has 0 aliphatic carbocycles. The third kappa shape index (κ3) is 4.10. The third-order valence-electron chi connectivity index (χ3n) is 3.40. The van der Waals surface area contributed by atoms with E-state index in [0.717, 1.165) is 44.4 Å². The molecule has 1 aromatic carbocycles. The molecule has 0 radical (unpaired) electrons. The van der Waals surface area contributed by atoms with Gasteiger partial charge in [-0.25, -0.2) is 4.39 Å². The zero-order valence-corrected chi connectivity index (χ0v) is 11.0. The fraction of sp³-hybridized carbons (Fsp3) is 0.571. The fourth-order valence-corrected chi connectivity index (χ4v) is 2.28. The number of ether oxygens (including phenoxy) is 1. The highest BCUT2D eigenvalue weighted by Gasteiger charge is 2.31. The summed E-state index contributed by atoms with van der Waals surface area (Å²) in [5.74, 6) is -1.11. The van der Waals surface area contributed by atoms with Crippen LogP contribution >= 0.6 is 0 Å². The van der Waals surface area contributed by atoms with Crippen molar-refractivity contribution in [2.45, 2.75) is 37.9 Å². The van der Waals surface area contributed by atoms with Crippen LogP contribution < -0.4 is 10.1 Å². The number of rotatable bonds is 4. The van der Waals surface area contributed by atoms with Crippen molar-refractivity contribution in [3.8, 4) is 5.75 Å². The fourth-order valence-electron chi connectivity index (χ4n) is 2.28. The lowest BCUT2D eigenvalue weighted by atomic mass is 10.0. The van der Waals surface area contributed by atoms with Crippen LogP contribution in [0.2, 0.25) is 0 Å². The van der Waals surface area contributed by atoms with Gasteiger partial charge in [0.25, 0.3) is 0 Å². The highest BCUT2D eigenvalue weighted by atomic mass is 19.4. The van der Waals surface area contributed by atoms with Crippen molar-refractivity contribution in [1.29, 1.82) is 0 Å². The van der Waals surface area contributed by atoms with E-state index in [-0.39, 0.29) is 5.75 Å². The molecule has 1 N–H and O–H groups in total. The molecule has 2 nitrogen and oxygen atoms in total. The molecular formula is C14H17F4NO. The van der Waals surface area contributed by atoms with Crippen molar-refractivity contribution in [2.24, 2.45) is 0 Å². The van der Waals surface area contributed by atoms with E-state index in [2.05, 4.69) is 5.32 Å². The maximum Gasteiger partial charge on any atom is 0.416 e. The minimum absolute atomic E-state index is 0.131. The number of alkyl halides is 3. The van der Waals surface area contributed by atoms with Gasteiger partial charge in [0.15, 0.2) is 11.6 Å². The summed E-state index contributed by atoms with van der Waals surface area (Å²) in [4.78, 5) is 0. The van der Waals surface area contributed by atoms with Crippen molar-refractivity contribution in [2.75, 3.05) is 13.2 Å². The Morgan fingerprint density at radius 3 is 2.65 bits per heavy atom. The molecule has 0 aromatic heterocycles. The molecule has 20 heavy (non-hydrogen) atoms. The molecular weight excluding hydrogens is 274 g/mol. The van der Waals surface area contributed by atoms with Crippen molar-refractivity contribution >= 4 is 0 Å². The van der Waals surface area contributed by atoms with E-state index in [4.69, 9.17) is 4.74 Å². The van der Waals surface area contributed by atoms with Crippen LogP contribution in [0.4, 0.5) is 17.6 Å². The minimum Gasteiger partial charge on any atom is -0.490 e. The van der Waals surface area contributed by atoms with Gasteiger partial charge in [0.2, 0.25) is 0 Å². The first-order chi connectivity index (χ1) is 9.47. The smallest absolute Gasteiger partial charge is 0.416 e. The Balaban J connectivity index is 1.86. The third-order valence-corrected chi connectivity index (χ3v) is 3.40. The van der Waals surface area contributed by atoms with Crippen LogP contribution in [0.25, 0.3) is 0 Å². The predicted molar refractivity (Wildman–Crippen MR) is 67.2 cm³/mol. The molecule has 0 spiro atoms. The summed E-state index contributed by atoms with van der Waals surface area (Å²) in [7, 11) is 0. The van der Waals surface area contributed by atoms with Gasteiger partial charge in [-0.3, -0.25) is 0 Å². The average Bonchev–Trinajstić information content (AvgIpc) is 2.40. The summed E-state index contributed by atoms with van der Waals surface area (Å²) < 4.78 is 55.9. The zero-order chi connectivity index (χ0) is 14.6. The average molecular weight is 291 g/mol. The van der Waals surface area contributed by atoms with Crippen molar-refractivity contribution < 1.29 is 22.3 Å². The van der Waals surface area contributed by atoms with E-state index >= 15 is 0 Å². The quantitative estimate of drug-likeness (QED) is 0.853. The maximum atomic E-state index is 13.5. The van der Waals surface area contributed by atoms with E-state index in [0.29, 0.717) is 18.7 Å². The monoisotopic (exact) mass is 291 g/mol. The van der Waals surface area contributed by atoms with Gasteiger partial charge in [-0.1, -0.05) is 6.42 Å². The summed E-state index contributed by atoms with van der Waals surface area (Å²) in [5.41, 5.74) is -1.00. The first kappa shape index (κ1) is 15.1. The molecule has 1 aliphatic heterocycles.